The Hall–Kier alpha value is -7.11. The second-order valence-corrected chi connectivity index (χ2v) is 13.1. The predicted molar refractivity (Wildman–Crippen MR) is 211 cm³/mol. The maximum Gasteiger partial charge on any atom is 0.164 e. The molecule has 0 radical (unpaired) electrons. The number of aromatic nitrogens is 3. The Morgan fingerprint density at radius 2 is 0.808 bits per heavy atom. The van der Waals surface area contributed by atoms with Gasteiger partial charge in [0.25, 0.3) is 0 Å². The van der Waals surface area contributed by atoms with Gasteiger partial charge < -0.3 is 8.83 Å². The van der Waals surface area contributed by atoms with E-state index in [1.165, 1.54) is 0 Å². The molecule has 0 aliphatic rings. The van der Waals surface area contributed by atoms with Crippen LogP contribution in [0.5, 0.6) is 0 Å². The summed E-state index contributed by atoms with van der Waals surface area (Å²) in [6, 6.07) is 54.4. The van der Waals surface area contributed by atoms with E-state index in [0.29, 0.717) is 11.6 Å². The van der Waals surface area contributed by atoms with Gasteiger partial charge in [-0.2, -0.15) is 0 Å². The third-order valence-corrected chi connectivity index (χ3v) is 10.2. The number of rotatable bonds is 4. The van der Waals surface area contributed by atoms with E-state index in [4.69, 9.17) is 23.8 Å². The van der Waals surface area contributed by atoms with Crippen molar-refractivity contribution in [2.45, 2.75) is 0 Å². The first-order valence-corrected chi connectivity index (χ1v) is 17.3. The largest absolute Gasteiger partial charge is 0.455 e. The topological polar surface area (TPSA) is 65.0 Å². The van der Waals surface area contributed by atoms with E-state index in [9.17, 15) is 0 Å². The van der Waals surface area contributed by atoms with Gasteiger partial charge in [-0.3, -0.25) is 0 Å². The molecule has 0 amide bonds. The zero-order chi connectivity index (χ0) is 34.2. The van der Waals surface area contributed by atoms with Crippen molar-refractivity contribution < 1.29 is 8.83 Å². The van der Waals surface area contributed by atoms with Gasteiger partial charge in [0.2, 0.25) is 0 Å². The Balaban J connectivity index is 1.23. The van der Waals surface area contributed by atoms with Crippen LogP contribution in [-0.2, 0) is 0 Å². The molecule has 0 aliphatic heterocycles. The summed E-state index contributed by atoms with van der Waals surface area (Å²) < 4.78 is 13.4. The van der Waals surface area contributed by atoms with Crippen molar-refractivity contribution in [3.63, 3.8) is 0 Å². The Morgan fingerprint density at radius 3 is 1.29 bits per heavy atom. The first-order chi connectivity index (χ1) is 25.8. The van der Waals surface area contributed by atoms with Crippen LogP contribution in [0.4, 0.5) is 0 Å². The van der Waals surface area contributed by atoms with Crippen molar-refractivity contribution in [2.75, 3.05) is 0 Å². The lowest BCUT2D eigenvalue weighted by molar-refractivity contribution is 0.672. The zero-order valence-corrected chi connectivity index (χ0v) is 27.7. The Bertz CT molecular complexity index is 2970. The smallest absolute Gasteiger partial charge is 0.164 e. The first-order valence-electron chi connectivity index (χ1n) is 17.3. The highest BCUT2D eigenvalue weighted by atomic mass is 16.3. The number of hydrogen-bond acceptors (Lipinski definition) is 5. The molecule has 0 saturated carbocycles. The molecule has 11 aromatic rings. The van der Waals surface area contributed by atoms with Crippen molar-refractivity contribution in [2.24, 2.45) is 0 Å². The average Bonchev–Trinajstić information content (AvgIpc) is 3.81. The van der Waals surface area contributed by atoms with Crippen LogP contribution in [0.3, 0.4) is 0 Å². The normalized spacial score (nSPS) is 11.8. The minimum Gasteiger partial charge on any atom is -0.455 e. The molecule has 0 N–H and O–H groups in total. The fourth-order valence-corrected chi connectivity index (χ4v) is 7.93. The molecule has 3 heterocycles. The molecule has 0 aliphatic carbocycles. The van der Waals surface area contributed by atoms with E-state index >= 15 is 0 Å². The highest BCUT2D eigenvalue weighted by Gasteiger charge is 2.24. The van der Waals surface area contributed by atoms with E-state index in [1.807, 2.05) is 24.3 Å². The summed E-state index contributed by atoms with van der Waals surface area (Å²) in [5, 5.41) is 8.21. The molecule has 5 nitrogen and oxygen atoms in total. The summed E-state index contributed by atoms with van der Waals surface area (Å²) in [6.07, 6.45) is 1.63. The van der Waals surface area contributed by atoms with Crippen molar-refractivity contribution in [1.82, 2.24) is 15.0 Å². The number of nitrogens with zero attached hydrogens (tertiary/aromatic N) is 3. The summed E-state index contributed by atoms with van der Waals surface area (Å²) in [5.74, 6) is 1.15. The molecular weight excluding hydrogens is 639 g/mol. The van der Waals surface area contributed by atoms with E-state index < -0.39 is 0 Å². The number of furan rings is 2. The summed E-state index contributed by atoms with van der Waals surface area (Å²) in [7, 11) is 0. The van der Waals surface area contributed by atoms with Crippen LogP contribution in [0.15, 0.2) is 173 Å². The summed E-state index contributed by atoms with van der Waals surface area (Å²) >= 11 is 0. The van der Waals surface area contributed by atoms with Crippen LogP contribution in [-0.4, -0.2) is 15.0 Å². The number of fused-ring (bicyclic) bond motifs is 10. The molecule has 242 valence electrons. The van der Waals surface area contributed by atoms with Crippen LogP contribution in [0.1, 0.15) is 0 Å². The molecule has 3 aromatic heterocycles. The fraction of sp³-hybridized carbons (Fsp3) is 0. The van der Waals surface area contributed by atoms with Gasteiger partial charge in [-0.25, -0.2) is 15.0 Å². The minimum absolute atomic E-state index is 0.573. The maximum atomic E-state index is 6.72. The summed E-state index contributed by atoms with van der Waals surface area (Å²) in [5.41, 5.74) is 9.46. The molecule has 11 rings (SSSR count). The third-order valence-electron chi connectivity index (χ3n) is 10.2. The molecule has 0 atom stereocenters. The van der Waals surface area contributed by atoms with Crippen molar-refractivity contribution in [3.05, 3.63) is 164 Å². The van der Waals surface area contributed by atoms with Crippen LogP contribution in [0.25, 0.3) is 110 Å². The molecule has 8 aromatic carbocycles. The van der Waals surface area contributed by atoms with Gasteiger partial charge in [0.05, 0.1) is 0 Å². The first kappa shape index (κ1) is 28.7. The van der Waals surface area contributed by atoms with Gasteiger partial charge in [-0.05, 0) is 57.3 Å². The molecule has 0 unspecified atom stereocenters. The molecule has 0 fully saturated rings. The van der Waals surface area contributed by atoms with Crippen LogP contribution < -0.4 is 0 Å². The highest BCUT2D eigenvalue weighted by Crippen LogP contribution is 2.46. The quantitative estimate of drug-likeness (QED) is 0.187. The maximum absolute atomic E-state index is 6.72. The highest BCUT2D eigenvalue weighted by molar-refractivity contribution is 6.25. The van der Waals surface area contributed by atoms with Crippen molar-refractivity contribution in [3.8, 4) is 45.0 Å². The van der Waals surface area contributed by atoms with E-state index in [0.717, 1.165) is 98.8 Å². The fourth-order valence-electron chi connectivity index (χ4n) is 7.93. The minimum atomic E-state index is 0.573. The number of hydrogen-bond donors (Lipinski definition) is 0. The molecule has 52 heavy (non-hydrogen) atoms. The molecule has 0 spiro atoms. The Morgan fingerprint density at radius 1 is 0.365 bits per heavy atom. The van der Waals surface area contributed by atoms with E-state index in [1.54, 1.807) is 6.33 Å². The standard InChI is InChI=1S/C47H27N3O2/c1-3-13-28(14-4-1)32-21-11-23-38-40(32)42-36(25-30-17-7-9-19-34(30)44(42)51-38)46-48-27-49-47(50-46)37-26-31-18-8-10-20-35(31)45-43(37)41-33(22-12-24-39(41)52-45)29-15-5-2-6-16-29/h1-27H. The molecular formula is C47H27N3O2. The van der Waals surface area contributed by atoms with Gasteiger partial charge in [0.15, 0.2) is 11.6 Å². The van der Waals surface area contributed by atoms with Gasteiger partial charge in [0.1, 0.15) is 28.7 Å². The molecule has 0 bridgehead atoms. The van der Waals surface area contributed by atoms with Gasteiger partial charge in [-0.1, -0.05) is 133 Å². The molecule has 0 saturated heterocycles. The zero-order valence-electron chi connectivity index (χ0n) is 27.7. The SMILES string of the molecule is c1ccc(-c2cccc3oc4c5ccccc5cc(-c5ncnc(-c6cc7ccccc7c7oc8cccc(-c9ccccc9)c8c67)n5)c4c23)cc1. The van der Waals surface area contributed by atoms with Crippen molar-refractivity contribution in [1.29, 1.82) is 0 Å². The van der Waals surface area contributed by atoms with Gasteiger partial charge in [-0.15, -0.1) is 0 Å². The third kappa shape index (κ3) is 4.26. The van der Waals surface area contributed by atoms with Gasteiger partial charge >= 0.3 is 0 Å². The van der Waals surface area contributed by atoms with Gasteiger partial charge in [0, 0.05) is 43.4 Å². The Labute approximate surface area is 297 Å². The summed E-state index contributed by atoms with van der Waals surface area (Å²) in [6.45, 7) is 0. The van der Waals surface area contributed by atoms with E-state index in [-0.39, 0.29) is 0 Å². The lowest BCUT2D eigenvalue weighted by atomic mass is 9.94. The number of benzene rings is 8. The second-order valence-electron chi connectivity index (χ2n) is 13.1. The lowest BCUT2D eigenvalue weighted by Crippen LogP contribution is -1.97. The van der Waals surface area contributed by atoms with E-state index in [2.05, 4.69) is 133 Å². The Kier molecular flexibility index (Phi) is 6.18. The van der Waals surface area contributed by atoms with Crippen LogP contribution >= 0.6 is 0 Å². The second kappa shape index (κ2) is 11.2. The van der Waals surface area contributed by atoms with Crippen LogP contribution in [0.2, 0.25) is 0 Å². The van der Waals surface area contributed by atoms with Crippen molar-refractivity contribution >= 4 is 65.4 Å². The predicted octanol–water partition coefficient (Wildman–Crippen LogP) is 12.6. The summed E-state index contributed by atoms with van der Waals surface area (Å²) in [4.78, 5) is 15.0. The lowest BCUT2D eigenvalue weighted by Gasteiger charge is -2.11. The average molecular weight is 666 g/mol. The molecule has 5 heteroatoms. The van der Waals surface area contributed by atoms with Crippen LogP contribution in [0, 0.1) is 0 Å². The monoisotopic (exact) mass is 665 g/mol.